The van der Waals surface area contributed by atoms with Gasteiger partial charge < -0.3 is 16.4 Å². The summed E-state index contributed by atoms with van der Waals surface area (Å²) in [5.74, 6) is 0.0119. The van der Waals surface area contributed by atoms with E-state index >= 15 is 0 Å². The Bertz CT molecular complexity index is 490. The third kappa shape index (κ3) is 4.05. The molecule has 0 fully saturated rings. The van der Waals surface area contributed by atoms with Crippen LogP contribution >= 0.6 is 0 Å². The molecule has 0 aromatic carbocycles. The van der Waals surface area contributed by atoms with Gasteiger partial charge >= 0.3 is 5.69 Å². The number of hydrogen-bond donors (Lipinski definition) is 3. The maximum absolute atomic E-state index is 11.0. The number of hydrogen-bond acceptors (Lipinski definition) is 7. The predicted molar refractivity (Wildman–Crippen MR) is 69.9 cm³/mol. The standard InChI is InChI=1S/C10H16N6O3/c1-6-8(16(18)19)9(15-10(12-2)14-6)13-5-3-4-7(11)17/h3-5H2,1-2H3,(H2,11,17)(H2,12,13,14,15). The smallest absolute Gasteiger partial charge is 0.332 e. The summed E-state index contributed by atoms with van der Waals surface area (Å²) < 4.78 is 0. The summed E-state index contributed by atoms with van der Waals surface area (Å²) in [6.45, 7) is 1.90. The van der Waals surface area contributed by atoms with Crippen LogP contribution in [0.15, 0.2) is 0 Å². The number of rotatable bonds is 7. The number of aryl methyl sites for hydroxylation is 1. The molecule has 1 aromatic heterocycles. The molecule has 0 aliphatic heterocycles. The Morgan fingerprint density at radius 2 is 2.16 bits per heavy atom. The zero-order valence-electron chi connectivity index (χ0n) is 10.8. The monoisotopic (exact) mass is 268 g/mol. The summed E-state index contributed by atoms with van der Waals surface area (Å²) in [5.41, 5.74) is 5.11. The first-order valence-corrected chi connectivity index (χ1v) is 5.68. The van der Waals surface area contributed by atoms with Crippen LogP contribution in [-0.2, 0) is 4.79 Å². The van der Waals surface area contributed by atoms with Crippen molar-refractivity contribution in [2.24, 2.45) is 5.73 Å². The third-order valence-electron chi connectivity index (χ3n) is 2.36. The van der Waals surface area contributed by atoms with Gasteiger partial charge in [-0.1, -0.05) is 0 Å². The number of nitrogens with zero attached hydrogens (tertiary/aromatic N) is 3. The van der Waals surface area contributed by atoms with Gasteiger partial charge in [-0.15, -0.1) is 0 Å². The average molecular weight is 268 g/mol. The van der Waals surface area contributed by atoms with Crippen molar-refractivity contribution in [1.82, 2.24) is 9.97 Å². The minimum absolute atomic E-state index is 0.131. The van der Waals surface area contributed by atoms with E-state index in [-0.39, 0.29) is 23.6 Å². The van der Waals surface area contributed by atoms with E-state index in [1.54, 1.807) is 7.05 Å². The highest BCUT2D eigenvalue weighted by Crippen LogP contribution is 2.26. The quantitative estimate of drug-likeness (QED) is 0.370. The summed E-state index contributed by atoms with van der Waals surface area (Å²) in [5, 5.41) is 16.5. The van der Waals surface area contributed by atoms with Crippen LogP contribution in [0.1, 0.15) is 18.5 Å². The maximum atomic E-state index is 11.0. The Morgan fingerprint density at radius 3 is 2.68 bits per heavy atom. The van der Waals surface area contributed by atoms with Crippen molar-refractivity contribution in [1.29, 1.82) is 0 Å². The lowest BCUT2D eigenvalue weighted by molar-refractivity contribution is -0.385. The number of nitrogens with one attached hydrogen (secondary N) is 2. The van der Waals surface area contributed by atoms with Gasteiger partial charge in [0.25, 0.3) is 0 Å². The summed E-state index contributed by atoms with van der Waals surface area (Å²) in [7, 11) is 1.62. The van der Waals surface area contributed by atoms with E-state index in [0.717, 1.165) is 0 Å². The molecule has 1 heterocycles. The van der Waals surface area contributed by atoms with Crippen molar-refractivity contribution >= 4 is 23.4 Å². The molecule has 0 unspecified atom stereocenters. The van der Waals surface area contributed by atoms with Crippen LogP contribution in [0.2, 0.25) is 0 Å². The van der Waals surface area contributed by atoms with Gasteiger partial charge in [-0.05, 0) is 13.3 Å². The van der Waals surface area contributed by atoms with Gasteiger partial charge in [0, 0.05) is 20.0 Å². The van der Waals surface area contributed by atoms with Crippen LogP contribution < -0.4 is 16.4 Å². The zero-order valence-corrected chi connectivity index (χ0v) is 10.8. The van der Waals surface area contributed by atoms with Crippen molar-refractivity contribution in [3.8, 4) is 0 Å². The fraction of sp³-hybridized carbons (Fsp3) is 0.500. The van der Waals surface area contributed by atoms with Crippen LogP contribution in [0.25, 0.3) is 0 Å². The molecule has 1 rings (SSSR count). The van der Waals surface area contributed by atoms with Crippen molar-refractivity contribution in [3.05, 3.63) is 15.8 Å². The summed E-state index contributed by atoms with van der Waals surface area (Å²) >= 11 is 0. The van der Waals surface area contributed by atoms with Crippen LogP contribution in [0.3, 0.4) is 0 Å². The molecule has 0 bridgehead atoms. The molecule has 0 saturated heterocycles. The lowest BCUT2D eigenvalue weighted by Crippen LogP contribution is -2.14. The number of anilines is 2. The largest absolute Gasteiger partial charge is 0.370 e. The van der Waals surface area contributed by atoms with E-state index in [4.69, 9.17) is 5.73 Å². The number of aromatic nitrogens is 2. The summed E-state index contributed by atoms with van der Waals surface area (Å²) in [6, 6.07) is 0. The molecule has 19 heavy (non-hydrogen) atoms. The Labute approximate surface area is 109 Å². The molecule has 0 atom stereocenters. The topological polar surface area (TPSA) is 136 Å². The SMILES string of the molecule is CNc1nc(C)c([N+](=O)[O-])c(NCCCC(N)=O)n1. The van der Waals surface area contributed by atoms with Gasteiger partial charge in [-0.3, -0.25) is 14.9 Å². The molecule has 0 radical (unpaired) electrons. The molecular formula is C10H16N6O3. The van der Waals surface area contributed by atoms with Gasteiger partial charge in [0.1, 0.15) is 5.69 Å². The first-order valence-electron chi connectivity index (χ1n) is 5.68. The van der Waals surface area contributed by atoms with Gasteiger partial charge in [0.15, 0.2) is 0 Å². The van der Waals surface area contributed by atoms with Gasteiger partial charge in [-0.2, -0.15) is 4.98 Å². The van der Waals surface area contributed by atoms with Gasteiger partial charge in [-0.25, -0.2) is 4.98 Å². The second-order valence-corrected chi connectivity index (χ2v) is 3.83. The van der Waals surface area contributed by atoms with Crippen molar-refractivity contribution < 1.29 is 9.72 Å². The number of carbonyl (C=O) groups is 1. The minimum Gasteiger partial charge on any atom is -0.370 e. The molecule has 4 N–H and O–H groups in total. The Kier molecular flexibility index (Phi) is 4.98. The maximum Gasteiger partial charge on any atom is 0.332 e. The number of nitro groups is 1. The Hall–Kier alpha value is -2.45. The molecule has 0 aliphatic rings. The molecule has 9 heteroatoms. The highest BCUT2D eigenvalue weighted by molar-refractivity contribution is 5.73. The van der Waals surface area contributed by atoms with Crippen LogP contribution in [0.5, 0.6) is 0 Å². The first kappa shape index (κ1) is 14.6. The van der Waals surface area contributed by atoms with Crippen LogP contribution in [0, 0.1) is 17.0 Å². The molecule has 104 valence electrons. The van der Waals surface area contributed by atoms with E-state index in [1.807, 2.05) is 0 Å². The second-order valence-electron chi connectivity index (χ2n) is 3.83. The number of primary amides is 1. The fourth-order valence-electron chi connectivity index (χ4n) is 1.49. The molecule has 0 spiro atoms. The Balaban J connectivity index is 2.87. The number of nitrogens with two attached hydrogens (primary N) is 1. The highest BCUT2D eigenvalue weighted by Gasteiger charge is 2.21. The lowest BCUT2D eigenvalue weighted by Gasteiger charge is -2.08. The fourth-order valence-corrected chi connectivity index (χ4v) is 1.49. The molecule has 0 aliphatic carbocycles. The molecule has 1 aromatic rings. The zero-order chi connectivity index (χ0) is 14.4. The van der Waals surface area contributed by atoms with Crippen LogP contribution in [-0.4, -0.2) is 34.4 Å². The van der Waals surface area contributed by atoms with E-state index in [1.165, 1.54) is 6.92 Å². The second kappa shape index (κ2) is 6.47. The van der Waals surface area contributed by atoms with Crippen LogP contribution in [0.4, 0.5) is 17.5 Å². The van der Waals surface area contributed by atoms with Gasteiger partial charge in [0.05, 0.1) is 4.92 Å². The number of carbonyl (C=O) groups excluding carboxylic acids is 1. The van der Waals surface area contributed by atoms with Crippen molar-refractivity contribution in [3.63, 3.8) is 0 Å². The average Bonchev–Trinajstić information content (AvgIpc) is 2.33. The van der Waals surface area contributed by atoms with Gasteiger partial charge in [0.2, 0.25) is 17.7 Å². The minimum atomic E-state index is -0.537. The van der Waals surface area contributed by atoms with E-state index in [9.17, 15) is 14.9 Å². The lowest BCUT2D eigenvalue weighted by atomic mass is 10.3. The van der Waals surface area contributed by atoms with E-state index in [2.05, 4.69) is 20.6 Å². The van der Waals surface area contributed by atoms with E-state index < -0.39 is 10.8 Å². The molecular weight excluding hydrogens is 252 g/mol. The highest BCUT2D eigenvalue weighted by atomic mass is 16.6. The summed E-state index contributed by atoms with van der Waals surface area (Å²) in [6.07, 6.45) is 0.689. The molecule has 9 nitrogen and oxygen atoms in total. The van der Waals surface area contributed by atoms with Crippen molar-refractivity contribution in [2.75, 3.05) is 24.2 Å². The van der Waals surface area contributed by atoms with E-state index in [0.29, 0.717) is 18.9 Å². The normalized spacial score (nSPS) is 10.0. The first-order chi connectivity index (χ1) is 8.95. The number of amides is 1. The molecule has 0 saturated carbocycles. The van der Waals surface area contributed by atoms with Crippen molar-refractivity contribution in [2.45, 2.75) is 19.8 Å². The summed E-state index contributed by atoms with van der Waals surface area (Å²) in [4.78, 5) is 29.0. The predicted octanol–water partition coefficient (Wildman–Crippen LogP) is 0.412. The molecule has 1 amide bonds. The third-order valence-corrected chi connectivity index (χ3v) is 2.36. The Morgan fingerprint density at radius 1 is 1.47 bits per heavy atom.